The van der Waals surface area contributed by atoms with Gasteiger partial charge in [0.25, 0.3) is 0 Å². The van der Waals surface area contributed by atoms with Gasteiger partial charge in [0.15, 0.2) is 4.34 Å². The molecule has 5 nitrogen and oxygen atoms in total. The van der Waals surface area contributed by atoms with Crippen LogP contribution in [0.3, 0.4) is 0 Å². The number of anilines is 1. The second-order valence-electron chi connectivity index (χ2n) is 7.19. The van der Waals surface area contributed by atoms with E-state index in [1.807, 2.05) is 30.4 Å². The average molecular weight is 403 g/mol. The van der Waals surface area contributed by atoms with Crippen LogP contribution in [-0.4, -0.2) is 27.7 Å². The van der Waals surface area contributed by atoms with Gasteiger partial charge in [-0.2, -0.15) is 0 Å². The molecule has 1 fully saturated rings. The van der Waals surface area contributed by atoms with E-state index in [9.17, 15) is 14.7 Å². The number of amides is 1. The smallest absolute Gasteiger partial charge is 0.307 e. The van der Waals surface area contributed by atoms with Crippen LogP contribution in [0, 0.1) is 23.7 Å². The van der Waals surface area contributed by atoms with Gasteiger partial charge in [-0.3, -0.25) is 9.59 Å². The minimum atomic E-state index is -0.876. The van der Waals surface area contributed by atoms with Crippen LogP contribution in [-0.2, 0) is 9.59 Å². The number of benzene rings is 1. The van der Waals surface area contributed by atoms with Crippen LogP contribution in [0.4, 0.5) is 5.69 Å². The van der Waals surface area contributed by atoms with Crippen LogP contribution in [0.2, 0.25) is 0 Å². The van der Waals surface area contributed by atoms with Crippen molar-refractivity contribution in [2.75, 3.05) is 11.1 Å². The summed E-state index contributed by atoms with van der Waals surface area (Å²) in [5, 5.41) is 12.5. The molecule has 1 aromatic carbocycles. The number of hydrogen-bond acceptors (Lipinski definition) is 5. The minimum absolute atomic E-state index is 0.0186. The number of thioether (sulfide) groups is 1. The van der Waals surface area contributed by atoms with Crippen LogP contribution in [0.25, 0.3) is 10.2 Å². The molecule has 2 aliphatic carbocycles. The van der Waals surface area contributed by atoms with E-state index < -0.39 is 17.8 Å². The predicted octanol–water partition coefficient (Wildman–Crippen LogP) is 4.65. The van der Waals surface area contributed by atoms with Gasteiger partial charge in [0.2, 0.25) is 5.91 Å². The first-order valence-electron chi connectivity index (χ1n) is 9.32. The van der Waals surface area contributed by atoms with Gasteiger partial charge in [0.1, 0.15) is 0 Å². The molecule has 2 bridgehead atoms. The van der Waals surface area contributed by atoms with Gasteiger partial charge in [-0.25, -0.2) is 4.98 Å². The Morgan fingerprint density at radius 2 is 2.07 bits per heavy atom. The van der Waals surface area contributed by atoms with E-state index in [4.69, 9.17) is 0 Å². The lowest BCUT2D eigenvalue weighted by molar-refractivity contribution is -0.146. The summed E-state index contributed by atoms with van der Waals surface area (Å²) in [7, 11) is 0. The van der Waals surface area contributed by atoms with Crippen LogP contribution in [0.1, 0.15) is 26.2 Å². The number of thiazole rings is 1. The second-order valence-corrected chi connectivity index (χ2v) is 9.56. The van der Waals surface area contributed by atoms with Crippen molar-refractivity contribution in [1.82, 2.24) is 4.98 Å². The summed E-state index contributed by atoms with van der Waals surface area (Å²) >= 11 is 3.40. The molecule has 2 aromatic rings. The zero-order chi connectivity index (χ0) is 19.0. The number of rotatable bonds is 7. The predicted molar refractivity (Wildman–Crippen MR) is 109 cm³/mol. The Hall–Kier alpha value is -1.86. The highest BCUT2D eigenvalue weighted by atomic mass is 32.2. The number of allylic oxidation sites excluding steroid dienone is 2. The molecule has 0 spiro atoms. The molecule has 2 aliphatic rings. The maximum atomic E-state index is 12.8. The molecule has 4 atom stereocenters. The number of fused-ring (bicyclic) bond motifs is 3. The Labute approximate surface area is 166 Å². The van der Waals surface area contributed by atoms with Crippen LogP contribution < -0.4 is 5.32 Å². The normalized spacial score (nSPS) is 26.0. The Balaban J connectivity index is 1.49. The number of aliphatic carboxylic acids is 1. The Kier molecular flexibility index (Phi) is 5.23. The molecule has 1 heterocycles. The molecule has 4 rings (SSSR count). The maximum Gasteiger partial charge on any atom is 0.307 e. The third-order valence-corrected chi connectivity index (χ3v) is 7.65. The zero-order valence-electron chi connectivity index (χ0n) is 15.1. The van der Waals surface area contributed by atoms with Gasteiger partial charge in [-0.15, -0.1) is 11.3 Å². The number of hydrogen-bond donors (Lipinski definition) is 2. The number of aromatic nitrogens is 1. The van der Waals surface area contributed by atoms with Crippen molar-refractivity contribution in [1.29, 1.82) is 0 Å². The van der Waals surface area contributed by atoms with Crippen molar-refractivity contribution < 1.29 is 14.7 Å². The molecule has 0 unspecified atom stereocenters. The molecule has 27 heavy (non-hydrogen) atoms. The van der Waals surface area contributed by atoms with Crippen LogP contribution >= 0.6 is 23.1 Å². The fourth-order valence-corrected chi connectivity index (χ4v) is 6.35. The Morgan fingerprint density at radius 1 is 1.30 bits per heavy atom. The second kappa shape index (κ2) is 7.64. The summed E-state index contributed by atoms with van der Waals surface area (Å²) in [6.45, 7) is 2.18. The number of carbonyl (C=O) groups is 2. The third-order valence-electron chi connectivity index (χ3n) is 5.41. The quantitative estimate of drug-likeness (QED) is 0.400. The number of nitrogens with one attached hydrogen (secondary N) is 1. The van der Waals surface area contributed by atoms with Crippen molar-refractivity contribution in [2.45, 2.75) is 30.5 Å². The first-order chi connectivity index (χ1) is 13.1. The molecule has 1 aromatic heterocycles. The maximum absolute atomic E-state index is 12.8. The number of carboxylic acids is 1. The minimum Gasteiger partial charge on any atom is -0.481 e. The van der Waals surface area contributed by atoms with Gasteiger partial charge in [0, 0.05) is 11.4 Å². The average Bonchev–Trinajstić information content (AvgIpc) is 3.34. The monoisotopic (exact) mass is 402 g/mol. The molecule has 142 valence electrons. The largest absolute Gasteiger partial charge is 0.481 e. The van der Waals surface area contributed by atoms with Crippen molar-refractivity contribution in [3.05, 3.63) is 30.4 Å². The molecule has 0 aliphatic heterocycles. The van der Waals surface area contributed by atoms with E-state index in [1.54, 1.807) is 23.1 Å². The SMILES string of the molecule is CCCCSc1nc2ccc(NC(=O)[C@@H]3[C@H](C(=O)O)[C@H]4C=C[C@H]3C4)cc2s1. The third kappa shape index (κ3) is 3.62. The van der Waals surface area contributed by atoms with E-state index in [1.165, 1.54) is 12.8 Å². The van der Waals surface area contributed by atoms with Gasteiger partial charge in [-0.1, -0.05) is 37.3 Å². The summed E-state index contributed by atoms with van der Waals surface area (Å²) in [5.74, 6) is -1.10. The van der Waals surface area contributed by atoms with Gasteiger partial charge in [0.05, 0.1) is 22.1 Å². The lowest BCUT2D eigenvalue weighted by Crippen LogP contribution is -2.36. The molecule has 0 radical (unpaired) electrons. The molecule has 2 N–H and O–H groups in total. The molecule has 7 heteroatoms. The number of nitrogens with zero attached hydrogens (tertiary/aromatic N) is 1. The number of carbonyl (C=O) groups excluding carboxylic acids is 1. The van der Waals surface area contributed by atoms with E-state index in [2.05, 4.69) is 17.2 Å². The Bertz CT molecular complexity index is 908. The van der Waals surface area contributed by atoms with Gasteiger partial charge < -0.3 is 10.4 Å². The number of unbranched alkanes of at least 4 members (excludes halogenated alkanes) is 1. The zero-order valence-corrected chi connectivity index (χ0v) is 16.7. The first-order valence-corrected chi connectivity index (χ1v) is 11.1. The highest BCUT2D eigenvalue weighted by molar-refractivity contribution is 8.01. The molecular formula is C20H22N2O3S2. The highest BCUT2D eigenvalue weighted by Gasteiger charge is 2.51. The molecular weight excluding hydrogens is 380 g/mol. The molecule has 1 amide bonds. The summed E-state index contributed by atoms with van der Waals surface area (Å²) < 4.78 is 2.08. The van der Waals surface area contributed by atoms with Crippen LogP contribution in [0.15, 0.2) is 34.7 Å². The summed E-state index contributed by atoms with van der Waals surface area (Å²) in [6, 6.07) is 5.70. The van der Waals surface area contributed by atoms with Gasteiger partial charge in [-0.05, 0) is 42.9 Å². The Morgan fingerprint density at radius 3 is 2.81 bits per heavy atom. The topological polar surface area (TPSA) is 79.3 Å². The lowest BCUT2D eigenvalue weighted by Gasteiger charge is -2.23. The molecule has 1 saturated carbocycles. The van der Waals surface area contributed by atoms with Crippen molar-refractivity contribution >= 4 is 50.9 Å². The fraction of sp³-hybridized carbons (Fsp3) is 0.450. The summed E-state index contributed by atoms with van der Waals surface area (Å²) in [5.41, 5.74) is 1.64. The lowest BCUT2D eigenvalue weighted by atomic mass is 9.82. The van der Waals surface area contributed by atoms with E-state index in [0.717, 1.165) is 26.7 Å². The molecule has 0 saturated heterocycles. The standard InChI is InChI=1S/C20H22N2O3S2/c1-2-3-8-26-20-22-14-7-6-13(10-15(14)27-20)21-18(23)16-11-4-5-12(9-11)17(16)19(24)25/h4-7,10-12,16-17H,2-3,8-9H2,1H3,(H,21,23)(H,24,25)/t11-,12-,16-,17+/m0/s1. The van der Waals surface area contributed by atoms with Crippen molar-refractivity contribution in [3.8, 4) is 0 Å². The van der Waals surface area contributed by atoms with Crippen molar-refractivity contribution in [2.24, 2.45) is 23.7 Å². The summed E-state index contributed by atoms with van der Waals surface area (Å²) in [4.78, 5) is 29.1. The fourth-order valence-electron chi connectivity index (χ4n) is 4.09. The van der Waals surface area contributed by atoms with Crippen molar-refractivity contribution in [3.63, 3.8) is 0 Å². The van der Waals surface area contributed by atoms with Crippen LogP contribution in [0.5, 0.6) is 0 Å². The summed E-state index contributed by atoms with van der Waals surface area (Å²) in [6.07, 6.45) is 7.06. The van der Waals surface area contributed by atoms with E-state index >= 15 is 0 Å². The van der Waals surface area contributed by atoms with E-state index in [0.29, 0.717) is 5.69 Å². The number of carboxylic acid groups (broad SMARTS) is 1. The van der Waals surface area contributed by atoms with Gasteiger partial charge >= 0.3 is 5.97 Å². The highest BCUT2D eigenvalue weighted by Crippen LogP contribution is 2.48. The van der Waals surface area contributed by atoms with E-state index in [-0.39, 0.29) is 17.7 Å². The first kappa shape index (κ1) is 18.5.